The van der Waals surface area contributed by atoms with Crippen molar-refractivity contribution in [3.8, 4) is 0 Å². The second-order valence-electron chi connectivity index (χ2n) is 2.39. The number of rotatable bonds is 2. The first-order valence-electron chi connectivity index (χ1n) is 3.29. The average Bonchev–Trinajstić information content (AvgIpc) is 2.01. The molecular formula is C6H5BrF2N2O2S. The molecule has 0 unspecified atom stereocenters. The van der Waals surface area contributed by atoms with Crippen molar-refractivity contribution in [3.05, 3.63) is 22.4 Å². The summed E-state index contributed by atoms with van der Waals surface area (Å²) >= 11 is 2.85. The SMILES string of the molecule is NS(=O)(=O)c1cnc(Br)cc1C(F)F. The van der Waals surface area contributed by atoms with Crippen LogP contribution in [0.15, 0.2) is 21.8 Å². The second-order valence-corrected chi connectivity index (χ2v) is 4.73. The lowest BCUT2D eigenvalue weighted by molar-refractivity contribution is 0.147. The fraction of sp³-hybridized carbons (Fsp3) is 0.167. The third-order valence-corrected chi connectivity index (χ3v) is 2.79. The number of sulfonamides is 1. The van der Waals surface area contributed by atoms with Crippen LogP contribution in [0.25, 0.3) is 0 Å². The topological polar surface area (TPSA) is 73.1 Å². The predicted molar refractivity (Wildman–Crippen MR) is 48.3 cm³/mol. The summed E-state index contributed by atoms with van der Waals surface area (Å²) in [5.74, 6) is 0. The molecule has 0 radical (unpaired) electrons. The Bertz CT molecular complexity index is 449. The molecule has 0 aliphatic rings. The Morgan fingerprint density at radius 3 is 2.50 bits per heavy atom. The molecule has 1 aromatic heterocycles. The first kappa shape index (κ1) is 11.5. The molecule has 14 heavy (non-hydrogen) atoms. The molecule has 0 bridgehead atoms. The predicted octanol–water partition coefficient (Wildman–Crippen LogP) is 1.43. The van der Waals surface area contributed by atoms with E-state index in [2.05, 4.69) is 20.9 Å². The molecule has 0 atom stereocenters. The van der Waals surface area contributed by atoms with Crippen LogP contribution in [-0.2, 0) is 10.0 Å². The third kappa shape index (κ3) is 2.46. The van der Waals surface area contributed by atoms with E-state index in [0.29, 0.717) is 0 Å². The van der Waals surface area contributed by atoms with Crippen molar-refractivity contribution in [1.82, 2.24) is 4.98 Å². The van der Waals surface area contributed by atoms with Crippen LogP contribution in [0.2, 0.25) is 0 Å². The smallest absolute Gasteiger partial charge is 0.248 e. The van der Waals surface area contributed by atoms with Gasteiger partial charge >= 0.3 is 0 Å². The highest BCUT2D eigenvalue weighted by Gasteiger charge is 2.21. The maximum Gasteiger partial charge on any atom is 0.265 e. The van der Waals surface area contributed by atoms with Crippen molar-refractivity contribution in [3.63, 3.8) is 0 Å². The van der Waals surface area contributed by atoms with Crippen LogP contribution < -0.4 is 5.14 Å². The number of hydrogen-bond donors (Lipinski definition) is 1. The summed E-state index contributed by atoms with van der Waals surface area (Å²) < 4.78 is 46.6. The maximum atomic E-state index is 12.4. The molecule has 4 nitrogen and oxygen atoms in total. The molecule has 8 heteroatoms. The van der Waals surface area contributed by atoms with Crippen LogP contribution in [0.4, 0.5) is 8.78 Å². The minimum atomic E-state index is -4.16. The van der Waals surface area contributed by atoms with E-state index in [1.165, 1.54) is 0 Å². The molecule has 0 saturated carbocycles. The van der Waals surface area contributed by atoms with Crippen molar-refractivity contribution in [2.24, 2.45) is 5.14 Å². The number of halogens is 3. The fourth-order valence-electron chi connectivity index (χ4n) is 0.840. The molecule has 0 aliphatic heterocycles. The Hall–Kier alpha value is -0.600. The van der Waals surface area contributed by atoms with Crippen LogP contribution >= 0.6 is 15.9 Å². The second kappa shape index (κ2) is 3.87. The van der Waals surface area contributed by atoms with Gasteiger partial charge in [-0.1, -0.05) is 0 Å². The monoisotopic (exact) mass is 286 g/mol. The number of pyridine rings is 1. The highest BCUT2D eigenvalue weighted by molar-refractivity contribution is 9.10. The summed E-state index contributed by atoms with van der Waals surface area (Å²) in [6, 6.07) is 0.921. The van der Waals surface area contributed by atoms with Gasteiger partial charge in [-0.25, -0.2) is 27.3 Å². The normalized spacial score (nSPS) is 12.1. The summed E-state index contributed by atoms with van der Waals surface area (Å²) in [6.07, 6.45) is -2.12. The van der Waals surface area contributed by atoms with Crippen molar-refractivity contribution in [1.29, 1.82) is 0 Å². The van der Waals surface area contributed by atoms with Crippen molar-refractivity contribution in [2.75, 3.05) is 0 Å². The maximum absolute atomic E-state index is 12.4. The Morgan fingerprint density at radius 1 is 1.50 bits per heavy atom. The molecule has 0 saturated heterocycles. The fourth-order valence-corrected chi connectivity index (χ4v) is 1.86. The van der Waals surface area contributed by atoms with E-state index in [9.17, 15) is 17.2 Å². The summed E-state index contributed by atoms with van der Waals surface area (Å²) in [7, 11) is -4.16. The summed E-state index contributed by atoms with van der Waals surface area (Å²) in [5.41, 5.74) is -0.658. The lowest BCUT2D eigenvalue weighted by Gasteiger charge is -2.05. The van der Waals surface area contributed by atoms with Gasteiger partial charge in [0.25, 0.3) is 6.43 Å². The number of nitrogens with zero attached hydrogens (tertiary/aromatic N) is 1. The van der Waals surface area contributed by atoms with Crippen LogP contribution in [0.3, 0.4) is 0 Å². The molecule has 1 aromatic rings. The quantitative estimate of drug-likeness (QED) is 0.836. The van der Waals surface area contributed by atoms with Gasteiger partial charge in [0.15, 0.2) is 0 Å². The van der Waals surface area contributed by atoms with E-state index in [0.717, 1.165) is 12.3 Å². The Labute approximate surface area is 87.3 Å². The van der Waals surface area contributed by atoms with Gasteiger partial charge in [0.05, 0.1) is 0 Å². The van der Waals surface area contributed by atoms with Crippen molar-refractivity contribution >= 4 is 26.0 Å². The van der Waals surface area contributed by atoms with Gasteiger partial charge in [-0.15, -0.1) is 0 Å². The Balaban J connectivity index is 3.45. The van der Waals surface area contributed by atoms with Gasteiger partial charge < -0.3 is 0 Å². The van der Waals surface area contributed by atoms with Gasteiger partial charge in [0, 0.05) is 11.8 Å². The minimum Gasteiger partial charge on any atom is -0.248 e. The lowest BCUT2D eigenvalue weighted by Crippen LogP contribution is -2.15. The molecule has 0 aromatic carbocycles. The Morgan fingerprint density at radius 2 is 2.07 bits per heavy atom. The van der Waals surface area contributed by atoms with E-state index in [1.807, 2.05) is 0 Å². The van der Waals surface area contributed by atoms with Gasteiger partial charge in [0.2, 0.25) is 10.0 Å². The van der Waals surface area contributed by atoms with E-state index >= 15 is 0 Å². The molecule has 0 spiro atoms. The van der Waals surface area contributed by atoms with Crippen LogP contribution in [0.1, 0.15) is 12.0 Å². The third-order valence-electron chi connectivity index (χ3n) is 1.41. The summed E-state index contributed by atoms with van der Waals surface area (Å²) in [6.45, 7) is 0. The molecular weight excluding hydrogens is 282 g/mol. The standard InChI is InChI=1S/C6H5BrF2N2O2S/c7-5-1-3(6(8)9)4(2-11-5)14(10,12)13/h1-2,6H,(H2,10,12,13). The molecule has 1 rings (SSSR count). The first-order chi connectivity index (χ1) is 6.32. The van der Waals surface area contributed by atoms with Gasteiger partial charge in [-0.2, -0.15) is 0 Å². The zero-order chi connectivity index (χ0) is 10.9. The summed E-state index contributed by atoms with van der Waals surface area (Å²) in [4.78, 5) is 2.86. The number of alkyl halides is 2. The molecule has 2 N–H and O–H groups in total. The van der Waals surface area contributed by atoms with Crippen molar-refractivity contribution < 1.29 is 17.2 Å². The molecule has 0 aliphatic carbocycles. The number of nitrogens with two attached hydrogens (primary N) is 1. The Kier molecular flexibility index (Phi) is 3.17. The van der Waals surface area contributed by atoms with E-state index in [-0.39, 0.29) is 4.60 Å². The number of hydrogen-bond acceptors (Lipinski definition) is 3. The largest absolute Gasteiger partial charge is 0.265 e. The highest BCUT2D eigenvalue weighted by Crippen LogP contribution is 2.26. The summed E-state index contributed by atoms with van der Waals surface area (Å²) in [5, 5.41) is 4.73. The van der Waals surface area contributed by atoms with E-state index in [1.54, 1.807) is 0 Å². The van der Waals surface area contributed by atoms with Gasteiger partial charge in [0.1, 0.15) is 9.50 Å². The van der Waals surface area contributed by atoms with Crippen LogP contribution in [0, 0.1) is 0 Å². The van der Waals surface area contributed by atoms with Crippen LogP contribution in [-0.4, -0.2) is 13.4 Å². The number of aromatic nitrogens is 1. The highest BCUT2D eigenvalue weighted by atomic mass is 79.9. The van der Waals surface area contributed by atoms with Gasteiger partial charge in [-0.05, 0) is 22.0 Å². The molecule has 1 heterocycles. The molecule has 78 valence electrons. The van der Waals surface area contributed by atoms with Crippen LogP contribution in [0.5, 0.6) is 0 Å². The minimum absolute atomic E-state index is 0.125. The van der Waals surface area contributed by atoms with Gasteiger partial charge in [-0.3, -0.25) is 0 Å². The van der Waals surface area contributed by atoms with E-state index < -0.39 is 26.9 Å². The zero-order valence-corrected chi connectivity index (χ0v) is 9.02. The first-order valence-corrected chi connectivity index (χ1v) is 5.62. The zero-order valence-electron chi connectivity index (χ0n) is 6.62. The van der Waals surface area contributed by atoms with Crippen molar-refractivity contribution in [2.45, 2.75) is 11.3 Å². The lowest BCUT2D eigenvalue weighted by atomic mass is 10.3. The molecule has 0 fully saturated rings. The molecule has 0 amide bonds. The average molecular weight is 287 g/mol. The van der Waals surface area contributed by atoms with E-state index in [4.69, 9.17) is 5.14 Å². The number of primary sulfonamides is 1.